The average molecular weight is 181 g/mol. The Bertz CT molecular complexity index is 145. The van der Waals surface area contributed by atoms with Crippen LogP contribution in [0.2, 0.25) is 0 Å². The Hall–Kier alpha value is 0.580. The third-order valence-corrected chi connectivity index (χ3v) is 5.28. The molecule has 0 bridgehead atoms. The summed E-state index contributed by atoms with van der Waals surface area (Å²) in [5.41, 5.74) is 0.195. The lowest BCUT2D eigenvalue weighted by Gasteiger charge is -2.08. The molecule has 0 heterocycles. The van der Waals surface area contributed by atoms with Crippen LogP contribution in [0, 0.1) is 10.8 Å². The second kappa shape index (κ2) is 1.84. The summed E-state index contributed by atoms with van der Waals surface area (Å²) in [5, 5.41) is 0. The molecule has 60 valence electrons. The van der Waals surface area contributed by atoms with Crippen molar-refractivity contribution in [3.63, 3.8) is 0 Å². The Balaban J connectivity index is 2.90. The number of rotatable bonds is 1. The maximum atomic E-state index is 6.11. The van der Waals surface area contributed by atoms with E-state index in [1.54, 1.807) is 0 Å². The zero-order valence-corrected chi connectivity index (χ0v) is 8.47. The highest BCUT2D eigenvalue weighted by Gasteiger charge is 2.77. The predicted octanol–water partition coefficient (Wildman–Crippen LogP) is 3.62. The smallest absolute Gasteiger partial charge is 0.100 e. The first-order valence-corrected chi connectivity index (χ1v) is 4.44. The molecule has 1 unspecified atom stereocenters. The Morgan fingerprint density at radius 2 is 1.40 bits per heavy atom. The standard InChI is InChI=1S/C8H14Cl2/c1-5-7(4)6(2,3)8(7,9)10/h5H2,1-4H3. The number of halogens is 2. The number of alkyl halides is 2. The molecule has 0 saturated heterocycles. The first-order chi connectivity index (χ1) is 4.31. The summed E-state index contributed by atoms with van der Waals surface area (Å²) in [7, 11) is 0. The molecule has 10 heavy (non-hydrogen) atoms. The van der Waals surface area contributed by atoms with Gasteiger partial charge in [-0.25, -0.2) is 0 Å². The molecule has 1 rings (SSSR count). The lowest BCUT2D eigenvalue weighted by molar-refractivity contribution is 0.406. The predicted molar refractivity (Wildman–Crippen MR) is 46.6 cm³/mol. The second-order valence-corrected chi connectivity index (χ2v) is 5.21. The minimum atomic E-state index is -0.505. The summed E-state index contributed by atoms with van der Waals surface area (Å²) in [6.07, 6.45) is 1.05. The van der Waals surface area contributed by atoms with Gasteiger partial charge in [0.25, 0.3) is 0 Å². The fraction of sp³-hybridized carbons (Fsp3) is 1.00. The van der Waals surface area contributed by atoms with E-state index in [0.29, 0.717) is 0 Å². The molecule has 0 aromatic heterocycles. The monoisotopic (exact) mass is 180 g/mol. The van der Waals surface area contributed by atoms with Crippen LogP contribution >= 0.6 is 23.2 Å². The van der Waals surface area contributed by atoms with Crippen LogP contribution in [-0.2, 0) is 0 Å². The van der Waals surface area contributed by atoms with Crippen molar-refractivity contribution in [2.45, 2.75) is 38.4 Å². The van der Waals surface area contributed by atoms with Gasteiger partial charge in [0.05, 0.1) is 0 Å². The van der Waals surface area contributed by atoms with Gasteiger partial charge in [0, 0.05) is 10.8 Å². The van der Waals surface area contributed by atoms with Gasteiger partial charge in [-0.15, -0.1) is 23.2 Å². The second-order valence-electron chi connectivity index (χ2n) is 3.89. The summed E-state index contributed by atoms with van der Waals surface area (Å²) in [4.78, 5) is 0. The van der Waals surface area contributed by atoms with Gasteiger partial charge in [-0.3, -0.25) is 0 Å². The van der Waals surface area contributed by atoms with Crippen LogP contribution in [0.4, 0.5) is 0 Å². The lowest BCUT2D eigenvalue weighted by Crippen LogP contribution is -2.01. The van der Waals surface area contributed by atoms with E-state index in [1.165, 1.54) is 0 Å². The van der Waals surface area contributed by atoms with Crippen molar-refractivity contribution in [1.82, 2.24) is 0 Å². The summed E-state index contributed by atoms with van der Waals surface area (Å²) < 4.78 is -0.505. The van der Waals surface area contributed by atoms with E-state index in [4.69, 9.17) is 23.2 Å². The van der Waals surface area contributed by atoms with Gasteiger partial charge >= 0.3 is 0 Å². The van der Waals surface area contributed by atoms with Crippen LogP contribution in [0.1, 0.15) is 34.1 Å². The summed E-state index contributed by atoms with van der Waals surface area (Å²) >= 11 is 12.2. The summed E-state index contributed by atoms with van der Waals surface area (Å²) in [6.45, 7) is 8.52. The third-order valence-electron chi connectivity index (χ3n) is 3.50. The minimum absolute atomic E-state index is 0.0812. The van der Waals surface area contributed by atoms with Gasteiger partial charge < -0.3 is 0 Å². The molecule has 0 aromatic carbocycles. The average Bonchev–Trinajstić information content (AvgIpc) is 2.11. The van der Waals surface area contributed by atoms with Gasteiger partial charge in [-0.1, -0.05) is 27.7 Å². The van der Waals surface area contributed by atoms with Gasteiger partial charge in [0.15, 0.2) is 0 Å². The molecule has 1 fully saturated rings. The molecular weight excluding hydrogens is 167 g/mol. The quantitative estimate of drug-likeness (QED) is 0.542. The third kappa shape index (κ3) is 0.604. The lowest BCUT2D eigenvalue weighted by atomic mass is 9.96. The van der Waals surface area contributed by atoms with E-state index < -0.39 is 4.33 Å². The molecule has 1 aliphatic carbocycles. The van der Waals surface area contributed by atoms with Crippen molar-refractivity contribution < 1.29 is 0 Å². The van der Waals surface area contributed by atoms with Crippen LogP contribution in [0.25, 0.3) is 0 Å². The molecule has 0 spiro atoms. The first kappa shape index (κ1) is 8.67. The molecule has 1 aliphatic rings. The van der Waals surface area contributed by atoms with Gasteiger partial charge in [-0.05, 0) is 6.42 Å². The van der Waals surface area contributed by atoms with Crippen molar-refractivity contribution in [1.29, 1.82) is 0 Å². The highest BCUT2D eigenvalue weighted by Crippen LogP contribution is 2.78. The van der Waals surface area contributed by atoms with E-state index in [9.17, 15) is 0 Å². The van der Waals surface area contributed by atoms with Gasteiger partial charge in [0.2, 0.25) is 0 Å². The highest BCUT2D eigenvalue weighted by atomic mass is 35.5. The van der Waals surface area contributed by atoms with Crippen LogP contribution in [0.15, 0.2) is 0 Å². The van der Waals surface area contributed by atoms with Crippen LogP contribution in [-0.4, -0.2) is 4.33 Å². The minimum Gasteiger partial charge on any atom is -0.100 e. The maximum Gasteiger partial charge on any atom is 0.129 e. The van der Waals surface area contributed by atoms with Crippen LogP contribution < -0.4 is 0 Å². The molecule has 0 nitrogen and oxygen atoms in total. The Morgan fingerprint density at radius 1 is 1.10 bits per heavy atom. The summed E-state index contributed by atoms with van der Waals surface area (Å²) in [5.74, 6) is 0. The van der Waals surface area contributed by atoms with E-state index in [0.717, 1.165) is 6.42 Å². The molecule has 0 aliphatic heterocycles. The normalized spacial score (nSPS) is 41.4. The Kier molecular flexibility index (Phi) is 1.60. The molecular formula is C8H14Cl2. The summed E-state index contributed by atoms with van der Waals surface area (Å²) in [6, 6.07) is 0. The molecule has 1 saturated carbocycles. The van der Waals surface area contributed by atoms with Crippen molar-refractivity contribution in [3.05, 3.63) is 0 Å². The molecule has 2 heteroatoms. The van der Waals surface area contributed by atoms with Crippen LogP contribution in [0.5, 0.6) is 0 Å². The van der Waals surface area contributed by atoms with Crippen molar-refractivity contribution in [2.75, 3.05) is 0 Å². The topological polar surface area (TPSA) is 0 Å². The molecule has 0 radical (unpaired) electrons. The zero-order valence-electron chi connectivity index (χ0n) is 6.96. The van der Waals surface area contributed by atoms with E-state index >= 15 is 0 Å². The van der Waals surface area contributed by atoms with Crippen molar-refractivity contribution in [3.8, 4) is 0 Å². The molecule has 1 atom stereocenters. The van der Waals surface area contributed by atoms with Crippen LogP contribution in [0.3, 0.4) is 0 Å². The van der Waals surface area contributed by atoms with Crippen molar-refractivity contribution in [2.24, 2.45) is 10.8 Å². The zero-order chi connectivity index (χ0) is 8.21. The Labute approximate surface area is 72.9 Å². The van der Waals surface area contributed by atoms with E-state index in [1.807, 2.05) is 0 Å². The molecule has 0 amide bonds. The van der Waals surface area contributed by atoms with Crippen molar-refractivity contribution >= 4 is 23.2 Å². The van der Waals surface area contributed by atoms with Gasteiger partial charge in [0.1, 0.15) is 4.33 Å². The fourth-order valence-corrected chi connectivity index (χ4v) is 2.78. The van der Waals surface area contributed by atoms with E-state index in [-0.39, 0.29) is 10.8 Å². The maximum absolute atomic E-state index is 6.11. The highest BCUT2D eigenvalue weighted by molar-refractivity contribution is 6.52. The van der Waals surface area contributed by atoms with E-state index in [2.05, 4.69) is 27.7 Å². The van der Waals surface area contributed by atoms with Gasteiger partial charge in [-0.2, -0.15) is 0 Å². The largest absolute Gasteiger partial charge is 0.129 e. The fourth-order valence-electron chi connectivity index (χ4n) is 1.72. The number of hydrogen-bond donors (Lipinski definition) is 0. The number of hydrogen-bond acceptors (Lipinski definition) is 0. The first-order valence-electron chi connectivity index (χ1n) is 3.69. The molecule has 0 aromatic rings. The SMILES string of the molecule is CCC1(C)C(C)(C)C1(Cl)Cl. The Morgan fingerprint density at radius 3 is 1.40 bits per heavy atom. The molecule has 0 N–H and O–H groups in total.